The van der Waals surface area contributed by atoms with Gasteiger partial charge in [0.1, 0.15) is 0 Å². The van der Waals surface area contributed by atoms with Gasteiger partial charge in [-0.25, -0.2) is 0 Å². The van der Waals surface area contributed by atoms with E-state index in [1.165, 1.54) is 0 Å². The molecule has 0 unspecified atom stereocenters. The summed E-state index contributed by atoms with van der Waals surface area (Å²) < 4.78 is 22.0. The second-order valence-corrected chi connectivity index (χ2v) is 8.05. The molecular formula is C22H31NO5. The number of allylic oxidation sites excluding steroid dienone is 2. The predicted molar refractivity (Wildman–Crippen MR) is 107 cm³/mol. The van der Waals surface area contributed by atoms with Crippen LogP contribution in [-0.2, 0) is 9.53 Å². The van der Waals surface area contributed by atoms with Gasteiger partial charge in [0.2, 0.25) is 12.5 Å². The molecule has 28 heavy (non-hydrogen) atoms. The molecule has 3 rings (SSSR count). The van der Waals surface area contributed by atoms with E-state index in [1.807, 2.05) is 26.0 Å². The third-order valence-corrected chi connectivity index (χ3v) is 5.50. The van der Waals surface area contributed by atoms with E-state index in [1.54, 1.807) is 7.11 Å². The van der Waals surface area contributed by atoms with Gasteiger partial charge in [0.25, 0.3) is 0 Å². The molecule has 1 aromatic rings. The number of benzene rings is 1. The molecule has 0 bridgehead atoms. The minimum absolute atomic E-state index is 0.0153. The smallest absolute Gasteiger partial charge is 0.311 e. The van der Waals surface area contributed by atoms with Crippen LogP contribution in [0.1, 0.15) is 45.6 Å². The summed E-state index contributed by atoms with van der Waals surface area (Å²) in [5, 5.41) is 3.57. The SMILES string of the molecule is CC=CC(C)(C)C[C@H]1NC[C@H](c2cc(OC)c3c(c2)OCO3)[C@@H]1C(=O)OCC. The molecule has 1 aromatic carbocycles. The number of methoxy groups -OCH3 is 1. The number of hydrogen-bond acceptors (Lipinski definition) is 6. The van der Waals surface area contributed by atoms with E-state index in [9.17, 15) is 4.79 Å². The van der Waals surface area contributed by atoms with Crippen molar-refractivity contribution in [2.24, 2.45) is 11.3 Å². The van der Waals surface area contributed by atoms with Crippen molar-refractivity contribution < 1.29 is 23.7 Å². The molecule has 2 aliphatic heterocycles. The molecule has 3 atom stereocenters. The van der Waals surface area contributed by atoms with Gasteiger partial charge in [-0.2, -0.15) is 0 Å². The van der Waals surface area contributed by atoms with Crippen molar-refractivity contribution in [2.75, 3.05) is 27.1 Å². The minimum atomic E-state index is -0.269. The Morgan fingerprint density at radius 3 is 2.82 bits per heavy atom. The Hall–Kier alpha value is -2.21. The highest BCUT2D eigenvalue weighted by Gasteiger charge is 2.44. The highest BCUT2D eigenvalue weighted by atomic mass is 16.7. The summed E-state index contributed by atoms with van der Waals surface area (Å²) in [5.41, 5.74) is 0.983. The molecule has 0 amide bonds. The molecule has 154 valence electrons. The van der Waals surface area contributed by atoms with Crippen molar-refractivity contribution >= 4 is 5.97 Å². The molecule has 0 saturated carbocycles. The van der Waals surface area contributed by atoms with Crippen LogP contribution in [0.25, 0.3) is 0 Å². The van der Waals surface area contributed by atoms with Crippen molar-refractivity contribution in [3.63, 3.8) is 0 Å². The zero-order valence-electron chi connectivity index (χ0n) is 17.4. The molecule has 0 aromatic heterocycles. The normalized spacial score (nSPS) is 24.0. The molecule has 2 aliphatic rings. The average molecular weight is 389 g/mol. The Labute approximate surface area is 167 Å². The zero-order chi connectivity index (χ0) is 20.3. The number of carbonyl (C=O) groups is 1. The first kappa shape index (κ1) is 20.5. The molecule has 6 heteroatoms. The largest absolute Gasteiger partial charge is 0.493 e. The maximum Gasteiger partial charge on any atom is 0.311 e. The average Bonchev–Trinajstić information content (AvgIpc) is 3.27. The lowest BCUT2D eigenvalue weighted by molar-refractivity contribution is -0.149. The van der Waals surface area contributed by atoms with Crippen molar-refractivity contribution in [1.29, 1.82) is 0 Å². The molecular weight excluding hydrogens is 358 g/mol. The van der Waals surface area contributed by atoms with E-state index >= 15 is 0 Å². The number of carbonyl (C=O) groups excluding carboxylic acids is 1. The Morgan fingerprint density at radius 2 is 2.14 bits per heavy atom. The number of rotatable bonds is 7. The van der Waals surface area contributed by atoms with Crippen LogP contribution in [-0.4, -0.2) is 39.1 Å². The fraction of sp³-hybridized carbons (Fsp3) is 0.591. The molecule has 6 nitrogen and oxygen atoms in total. The van der Waals surface area contributed by atoms with Gasteiger partial charge in [-0.3, -0.25) is 4.79 Å². The summed E-state index contributed by atoms with van der Waals surface area (Å²) in [6, 6.07) is 3.95. The summed E-state index contributed by atoms with van der Waals surface area (Å²) in [5.74, 6) is 1.47. The molecule has 0 spiro atoms. The first-order chi connectivity index (χ1) is 13.4. The monoisotopic (exact) mass is 389 g/mol. The van der Waals surface area contributed by atoms with Crippen LogP contribution in [0.5, 0.6) is 17.2 Å². The van der Waals surface area contributed by atoms with Gasteiger partial charge in [-0.1, -0.05) is 26.0 Å². The van der Waals surface area contributed by atoms with E-state index < -0.39 is 0 Å². The first-order valence-electron chi connectivity index (χ1n) is 9.91. The van der Waals surface area contributed by atoms with Gasteiger partial charge in [-0.05, 0) is 43.4 Å². The van der Waals surface area contributed by atoms with Crippen molar-refractivity contribution in [2.45, 2.75) is 46.1 Å². The molecule has 1 fully saturated rings. The number of fused-ring (bicyclic) bond motifs is 1. The van der Waals surface area contributed by atoms with Crippen LogP contribution in [0, 0.1) is 11.3 Å². The third kappa shape index (κ3) is 4.12. The van der Waals surface area contributed by atoms with Crippen LogP contribution in [0.2, 0.25) is 0 Å². The summed E-state index contributed by atoms with van der Waals surface area (Å²) in [7, 11) is 1.61. The van der Waals surface area contributed by atoms with Gasteiger partial charge in [0.15, 0.2) is 11.5 Å². The lowest BCUT2D eigenvalue weighted by Crippen LogP contribution is -2.37. The second kappa shape index (κ2) is 8.43. The van der Waals surface area contributed by atoms with Gasteiger partial charge >= 0.3 is 5.97 Å². The van der Waals surface area contributed by atoms with E-state index in [4.69, 9.17) is 18.9 Å². The van der Waals surface area contributed by atoms with Crippen molar-refractivity contribution in [1.82, 2.24) is 5.32 Å². The van der Waals surface area contributed by atoms with E-state index in [-0.39, 0.29) is 36.1 Å². The van der Waals surface area contributed by atoms with E-state index in [0.717, 1.165) is 12.0 Å². The first-order valence-corrected chi connectivity index (χ1v) is 9.91. The fourth-order valence-electron chi connectivity index (χ4n) is 4.35. The van der Waals surface area contributed by atoms with Crippen LogP contribution in [0.3, 0.4) is 0 Å². The maximum atomic E-state index is 12.9. The van der Waals surface area contributed by atoms with Crippen LogP contribution in [0.4, 0.5) is 0 Å². The zero-order valence-corrected chi connectivity index (χ0v) is 17.4. The third-order valence-electron chi connectivity index (χ3n) is 5.50. The quantitative estimate of drug-likeness (QED) is 0.567. The number of hydrogen-bond donors (Lipinski definition) is 1. The van der Waals surface area contributed by atoms with Gasteiger partial charge in [-0.15, -0.1) is 0 Å². The highest BCUT2D eigenvalue weighted by Crippen LogP contribution is 2.46. The Kier molecular flexibility index (Phi) is 6.18. The Balaban J connectivity index is 1.93. The molecule has 1 saturated heterocycles. The van der Waals surface area contributed by atoms with Gasteiger partial charge < -0.3 is 24.3 Å². The summed E-state index contributed by atoms with van der Waals surface area (Å²) in [6.45, 7) is 9.49. The molecule has 1 N–H and O–H groups in total. The summed E-state index contributed by atoms with van der Waals surface area (Å²) in [6.07, 6.45) is 5.10. The van der Waals surface area contributed by atoms with Crippen molar-refractivity contribution in [3.8, 4) is 17.2 Å². The summed E-state index contributed by atoms with van der Waals surface area (Å²) in [4.78, 5) is 12.9. The number of ether oxygens (including phenoxy) is 4. The van der Waals surface area contributed by atoms with Gasteiger partial charge in [0, 0.05) is 18.5 Å². The van der Waals surface area contributed by atoms with E-state index in [0.29, 0.717) is 30.4 Å². The van der Waals surface area contributed by atoms with Crippen LogP contribution < -0.4 is 19.5 Å². The lowest BCUT2D eigenvalue weighted by atomic mass is 9.77. The van der Waals surface area contributed by atoms with E-state index in [2.05, 4.69) is 31.3 Å². The minimum Gasteiger partial charge on any atom is -0.493 e. The number of nitrogens with one attached hydrogen (secondary N) is 1. The topological polar surface area (TPSA) is 66.0 Å². The van der Waals surface area contributed by atoms with Crippen molar-refractivity contribution in [3.05, 3.63) is 29.8 Å². The van der Waals surface area contributed by atoms with Crippen LogP contribution in [0.15, 0.2) is 24.3 Å². The van der Waals surface area contributed by atoms with Crippen LogP contribution >= 0.6 is 0 Å². The standard InChI is InChI=1S/C22H31NO5/c1-6-8-22(3,4)11-16-19(21(24)26-7-2)15(12-23-16)14-9-17(25-5)20-18(10-14)27-13-28-20/h6,8-10,15-16,19,23H,7,11-13H2,1-5H3/t15-,16-,19+/m1/s1. The Bertz CT molecular complexity index is 743. The molecule has 0 aliphatic carbocycles. The lowest BCUT2D eigenvalue weighted by Gasteiger charge is -2.29. The van der Waals surface area contributed by atoms with Gasteiger partial charge in [0.05, 0.1) is 19.6 Å². The second-order valence-electron chi connectivity index (χ2n) is 8.05. The number of esters is 1. The molecule has 2 heterocycles. The summed E-state index contributed by atoms with van der Waals surface area (Å²) >= 11 is 0. The maximum absolute atomic E-state index is 12.9. The predicted octanol–water partition coefficient (Wildman–Crippen LogP) is 3.65. The fourth-order valence-corrected chi connectivity index (χ4v) is 4.35. The highest BCUT2D eigenvalue weighted by molar-refractivity contribution is 5.75. The molecule has 0 radical (unpaired) electrons. The Morgan fingerprint density at radius 1 is 1.36 bits per heavy atom.